The lowest BCUT2D eigenvalue weighted by Crippen LogP contribution is -2.53. The van der Waals surface area contributed by atoms with Gasteiger partial charge in [0.2, 0.25) is 5.91 Å². The van der Waals surface area contributed by atoms with Gasteiger partial charge in [-0.3, -0.25) is 4.79 Å². The van der Waals surface area contributed by atoms with Gasteiger partial charge in [-0.25, -0.2) is 0 Å². The van der Waals surface area contributed by atoms with Gasteiger partial charge in [-0.05, 0) is 53.9 Å². The predicted molar refractivity (Wildman–Crippen MR) is 77.8 cm³/mol. The van der Waals surface area contributed by atoms with Crippen molar-refractivity contribution in [2.45, 2.75) is 46.6 Å². The van der Waals surface area contributed by atoms with Crippen molar-refractivity contribution in [3.8, 4) is 0 Å². The third-order valence-corrected chi connectivity index (χ3v) is 3.63. The molecule has 1 amide bonds. The largest absolute Gasteiger partial charge is 0.341 e. The van der Waals surface area contributed by atoms with Crippen LogP contribution in [0.1, 0.15) is 41.0 Å². The molecule has 0 aliphatic carbocycles. The minimum atomic E-state index is -0.467. The molecule has 0 unspecified atom stereocenters. The summed E-state index contributed by atoms with van der Waals surface area (Å²) in [5.74, 6) is 0.187. The van der Waals surface area contributed by atoms with E-state index >= 15 is 0 Å². The number of likely N-dealkylation sites (N-methyl/N-ethyl adjacent to an activating group) is 2. The van der Waals surface area contributed by atoms with E-state index in [2.05, 4.69) is 24.1 Å². The van der Waals surface area contributed by atoms with E-state index in [1.54, 1.807) is 0 Å². The Labute approximate surface area is 113 Å². The highest BCUT2D eigenvalue weighted by Crippen LogP contribution is 2.08. The molecule has 4 nitrogen and oxygen atoms in total. The van der Waals surface area contributed by atoms with Crippen molar-refractivity contribution in [1.82, 2.24) is 15.1 Å². The molecule has 0 saturated carbocycles. The van der Waals surface area contributed by atoms with Gasteiger partial charge in [0.05, 0.1) is 5.54 Å². The average Bonchev–Trinajstić information content (AvgIpc) is 2.38. The second-order valence-corrected chi connectivity index (χ2v) is 5.14. The van der Waals surface area contributed by atoms with Crippen LogP contribution in [-0.4, -0.2) is 61.0 Å². The lowest BCUT2D eigenvalue weighted by atomic mass is 10.0. The monoisotopic (exact) mass is 257 g/mol. The molecule has 0 saturated heterocycles. The summed E-state index contributed by atoms with van der Waals surface area (Å²) in [4.78, 5) is 16.6. The highest BCUT2D eigenvalue weighted by molar-refractivity contribution is 5.85. The van der Waals surface area contributed by atoms with Crippen molar-refractivity contribution in [1.29, 1.82) is 0 Å². The highest BCUT2D eigenvalue weighted by Gasteiger charge is 2.29. The Morgan fingerprint density at radius 2 is 1.61 bits per heavy atom. The normalized spacial score (nSPS) is 11.9. The first kappa shape index (κ1) is 17.4. The van der Waals surface area contributed by atoms with Gasteiger partial charge in [0.25, 0.3) is 0 Å². The molecule has 0 atom stereocenters. The molecule has 0 aliphatic heterocycles. The summed E-state index contributed by atoms with van der Waals surface area (Å²) in [6.45, 7) is 15.1. The van der Waals surface area contributed by atoms with Crippen LogP contribution in [0.2, 0.25) is 0 Å². The first-order valence-electron chi connectivity index (χ1n) is 7.13. The minimum absolute atomic E-state index is 0.187. The van der Waals surface area contributed by atoms with E-state index < -0.39 is 5.54 Å². The molecule has 0 aliphatic rings. The number of nitrogens with one attached hydrogen (secondary N) is 1. The summed E-state index contributed by atoms with van der Waals surface area (Å²) >= 11 is 0. The Balaban J connectivity index is 4.24. The fourth-order valence-electron chi connectivity index (χ4n) is 1.93. The van der Waals surface area contributed by atoms with Gasteiger partial charge >= 0.3 is 0 Å². The van der Waals surface area contributed by atoms with Crippen molar-refractivity contribution in [3.05, 3.63) is 0 Å². The van der Waals surface area contributed by atoms with Crippen LogP contribution < -0.4 is 5.32 Å². The lowest BCUT2D eigenvalue weighted by Gasteiger charge is -2.31. The van der Waals surface area contributed by atoms with Gasteiger partial charge in [-0.15, -0.1) is 0 Å². The Morgan fingerprint density at radius 1 is 1.06 bits per heavy atom. The molecule has 1 N–H and O–H groups in total. The molecule has 0 radical (unpaired) electrons. The topological polar surface area (TPSA) is 35.6 Å². The molecule has 108 valence electrons. The minimum Gasteiger partial charge on any atom is -0.341 e. The highest BCUT2D eigenvalue weighted by atomic mass is 16.2. The van der Waals surface area contributed by atoms with E-state index in [0.717, 1.165) is 39.1 Å². The number of rotatable bonds is 9. The molecule has 0 fully saturated rings. The predicted octanol–water partition coefficient (Wildman–Crippen LogP) is 1.56. The molecule has 0 aromatic carbocycles. The smallest absolute Gasteiger partial charge is 0.242 e. The van der Waals surface area contributed by atoms with Crippen molar-refractivity contribution in [2.24, 2.45) is 0 Å². The maximum Gasteiger partial charge on any atom is 0.242 e. The van der Waals surface area contributed by atoms with E-state index in [1.165, 1.54) is 0 Å². The van der Waals surface area contributed by atoms with Crippen molar-refractivity contribution in [2.75, 3.05) is 39.8 Å². The molecular weight excluding hydrogens is 226 g/mol. The van der Waals surface area contributed by atoms with Crippen molar-refractivity contribution < 1.29 is 4.79 Å². The van der Waals surface area contributed by atoms with Gasteiger partial charge in [-0.1, -0.05) is 13.8 Å². The third-order valence-electron chi connectivity index (χ3n) is 3.63. The SMILES string of the molecule is CCN(CC)CCCN(CC)C(=O)C(C)(C)NC. The fraction of sp³-hybridized carbons (Fsp3) is 0.929. The number of hydrogen-bond acceptors (Lipinski definition) is 3. The van der Waals surface area contributed by atoms with Crippen LogP contribution in [0.5, 0.6) is 0 Å². The van der Waals surface area contributed by atoms with E-state index in [0.29, 0.717) is 0 Å². The van der Waals surface area contributed by atoms with Gasteiger partial charge < -0.3 is 15.1 Å². The molecule has 0 aromatic heterocycles. The zero-order valence-electron chi connectivity index (χ0n) is 13.0. The molecule has 0 bridgehead atoms. The third kappa shape index (κ3) is 5.36. The summed E-state index contributed by atoms with van der Waals surface area (Å²) in [5.41, 5.74) is -0.467. The zero-order chi connectivity index (χ0) is 14.2. The molecule has 0 spiro atoms. The first-order chi connectivity index (χ1) is 8.42. The Bertz CT molecular complexity index is 237. The number of carbonyl (C=O) groups excluding carboxylic acids is 1. The first-order valence-corrected chi connectivity index (χ1v) is 7.13. The van der Waals surface area contributed by atoms with Crippen molar-refractivity contribution >= 4 is 5.91 Å². The maximum atomic E-state index is 12.3. The van der Waals surface area contributed by atoms with E-state index in [1.807, 2.05) is 32.7 Å². The maximum absolute atomic E-state index is 12.3. The molecule has 0 rings (SSSR count). The number of nitrogens with zero attached hydrogens (tertiary/aromatic N) is 2. The van der Waals surface area contributed by atoms with Crippen LogP contribution in [0.25, 0.3) is 0 Å². The van der Waals surface area contributed by atoms with E-state index in [9.17, 15) is 4.79 Å². The van der Waals surface area contributed by atoms with Crippen molar-refractivity contribution in [3.63, 3.8) is 0 Å². The number of hydrogen-bond donors (Lipinski definition) is 1. The summed E-state index contributed by atoms with van der Waals surface area (Å²) in [5, 5.41) is 3.08. The molecule has 18 heavy (non-hydrogen) atoms. The van der Waals surface area contributed by atoms with Crippen LogP contribution in [-0.2, 0) is 4.79 Å². The average molecular weight is 257 g/mol. The molecular formula is C14H31N3O. The van der Waals surface area contributed by atoms with Gasteiger partial charge in [0, 0.05) is 13.1 Å². The van der Waals surface area contributed by atoms with Crippen LogP contribution in [0, 0.1) is 0 Å². The van der Waals surface area contributed by atoms with Crippen LogP contribution >= 0.6 is 0 Å². The van der Waals surface area contributed by atoms with Crippen LogP contribution in [0.4, 0.5) is 0 Å². The van der Waals surface area contributed by atoms with Crippen LogP contribution in [0.15, 0.2) is 0 Å². The van der Waals surface area contributed by atoms with Gasteiger partial charge in [0.15, 0.2) is 0 Å². The molecule has 4 heteroatoms. The second kappa shape index (κ2) is 8.48. The Kier molecular flexibility index (Phi) is 8.20. The number of amides is 1. The quantitative estimate of drug-likeness (QED) is 0.681. The van der Waals surface area contributed by atoms with Gasteiger partial charge in [-0.2, -0.15) is 0 Å². The summed E-state index contributed by atoms with van der Waals surface area (Å²) in [6.07, 6.45) is 1.04. The van der Waals surface area contributed by atoms with Crippen LogP contribution in [0.3, 0.4) is 0 Å². The summed E-state index contributed by atoms with van der Waals surface area (Å²) in [6, 6.07) is 0. The van der Waals surface area contributed by atoms with Gasteiger partial charge in [0.1, 0.15) is 0 Å². The van der Waals surface area contributed by atoms with E-state index in [-0.39, 0.29) is 5.91 Å². The number of carbonyl (C=O) groups is 1. The Morgan fingerprint density at radius 3 is 2.00 bits per heavy atom. The zero-order valence-corrected chi connectivity index (χ0v) is 13.0. The Hall–Kier alpha value is -0.610. The molecule has 0 aromatic rings. The summed E-state index contributed by atoms with van der Waals surface area (Å²) < 4.78 is 0. The lowest BCUT2D eigenvalue weighted by molar-refractivity contribution is -0.136. The standard InChI is InChI=1S/C14H31N3O/c1-7-16(8-2)11-10-12-17(9-3)13(18)14(4,5)15-6/h15H,7-12H2,1-6H3. The fourth-order valence-corrected chi connectivity index (χ4v) is 1.93. The van der Waals surface area contributed by atoms with E-state index in [4.69, 9.17) is 0 Å². The molecule has 0 heterocycles. The summed E-state index contributed by atoms with van der Waals surface area (Å²) in [7, 11) is 1.83. The second-order valence-electron chi connectivity index (χ2n) is 5.14.